The van der Waals surface area contributed by atoms with Gasteiger partial charge in [-0.15, -0.1) is 0 Å². The average Bonchev–Trinajstić information content (AvgIpc) is 2.80. The SMILES string of the molecule is CCc1occc1C(O)c1ccc(C)c(Cl)c1. The zero-order valence-electron chi connectivity index (χ0n) is 9.90. The number of rotatable bonds is 3. The van der Waals surface area contributed by atoms with Gasteiger partial charge in [-0.3, -0.25) is 0 Å². The van der Waals surface area contributed by atoms with Crippen molar-refractivity contribution in [2.24, 2.45) is 0 Å². The fraction of sp³-hybridized carbons (Fsp3) is 0.286. The molecule has 1 atom stereocenters. The molecule has 1 aromatic heterocycles. The maximum absolute atomic E-state index is 10.3. The van der Waals surface area contributed by atoms with Crippen LogP contribution < -0.4 is 0 Å². The number of halogens is 1. The number of hydrogen-bond acceptors (Lipinski definition) is 2. The molecule has 0 saturated heterocycles. The van der Waals surface area contributed by atoms with E-state index in [9.17, 15) is 5.11 Å². The molecule has 90 valence electrons. The summed E-state index contributed by atoms with van der Waals surface area (Å²) in [6.07, 6.45) is 1.69. The van der Waals surface area contributed by atoms with Crippen molar-refractivity contribution in [2.75, 3.05) is 0 Å². The van der Waals surface area contributed by atoms with Crippen LogP contribution in [0.3, 0.4) is 0 Å². The summed E-state index contributed by atoms with van der Waals surface area (Å²) in [6.45, 7) is 3.94. The quantitative estimate of drug-likeness (QED) is 0.897. The van der Waals surface area contributed by atoms with E-state index in [0.29, 0.717) is 5.02 Å². The predicted octanol–water partition coefficient (Wildman–Crippen LogP) is 3.89. The minimum absolute atomic E-state index is 0.670. The first kappa shape index (κ1) is 12.2. The van der Waals surface area contributed by atoms with E-state index in [1.165, 1.54) is 0 Å². The minimum atomic E-state index is -0.679. The molecule has 1 aromatic carbocycles. The van der Waals surface area contributed by atoms with Crippen LogP contribution in [0.1, 0.15) is 35.5 Å². The second-order valence-corrected chi connectivity index (χ2v) is 4.47. The van der Waals surface area contributed by atoms with Crippen molar-refractivity contribution in [3.8, 4) is 0 Å². The van der Waals surface area contributed by atoms with Gasteiger partial charge in [0.25, 0.3) is 0 Å². The van der Waals surface area contributed by atoms with Crippen LogP contribution in [0.25, 0.3) is 0 Å². The molecule has 17 heavy (non-hydrogen) atoms. The lowest BCUT2D eigenvalue weighted by atomic mass is 10.0. The van der Waals surface area contributed by atoms with Crippen LogP contribution in [0.15, 0.2) is 34.9 Å². The lowest BCUT2D eigenvalue weighted by molar-refractivity contribution is 0.217. The number of aryl methyl sites for hydroxylation is 2. The Bertz CT molecular complexity index is 517. The molecule has 0 aliphatic heterocycles. The largest absolute Gasteiger partial charge is 0.469 e. The van der Waals surface area contributed by atoms with Crippen LogP contribution >= 0.6 is 11.6 Å². The first-order chi connectivity index (χ1) is 8.13. The smallest absolute Gasteiger partial charge is 0.109 e. The van der Waals surface area contributed by atoms with Crippen LogP contribution in [-0.4, -0.2) is 5.11 Å². The fourth-order valence-corrected chi connectivity index (χ4v) is 2.03. The van der Waals surface area contributed by atoms with Crippen LogP contribution in [0.4, 0.5) is 0 Å². The average molecular weight is 251 g/mol. The summed E-state index contributed by atoms with van der Waals surface area (Å²) in [5.74, 6) is 0.814. The Morgan fingerprint density at radius 1 is 1.35 bits per heavy atom. The monoisotopic (exact) mass is 250 g/mol. The minimum Gasteiger partial charge on any atom is -0.469 e. The molecule has 0 amide bonds. The second-order valence-electron chi connectivity index (χ2n) is 4.06. The summed E-state index contributed by atoms with van der Waals surface area (Å²) < 4.78 is 5.32. The Morgan fingerprint density at radius 3 is 2.76 bits per heavy atom. The number of aliphatic hydroxyl groups excluding tert-OH is 1. The third kappa shape index (κ3) is 2.38. The van der Waals surface area contributed by atoms with Crippen molar-refractivity contribution in [3.05, 3.63) is 58.0 Å². The maximum atomic E-state index is 10.3. The van der Waals surface area contributed by atoms with Crippen molar-refractivity contribution in [2.45, 2.75) is 26.4 Å². The van der Waals surface area contributed by atoms with E-state index >= 15 is 0 Å². The molecular formula is C14H15ClO2. The van der Waals surface area contributed by atoms with Gasteiger partial charge in [-0.05, 0) is 30.2 Å². The molecule has 2 aromatic rings. The molecule has 0 bridgehead atoms. The molecule has 0 aliphatic carbocycles. The topological polar surface area (TPSA) is 33.4 Å². The highest BCUT2D eigenvalue weighted by atomic mass is 35.5. The van der Waals surface area contributed by atoms with E-state index in [0.717, 1.165) is 28.9 Å². The second kappa shape index (κ2) is 4.94. The van der Waals surface area contributed by atoms with Crippen molar-refractivity contribution in [1.82, 2.24) is 0 Å². The number of benzene rings is 1. The molecule has 0 fully saturated rings. The van der Waals surface area contributed by atoms with Crippen molar-refractivity contribution in [3.63, 3.8) is 0 Å². The first-order valence-corrected chi connectivity index (χ1v) is 6.01. The summed E-state index contributed by atoms with van der Waals surface area (Å²) >= 11 is 6.06. The van der Waals surface area contributed by atoms with E-state index in [-0.39, 0.29) is 0 Å². The molecule has 1 unspecified atom stereocenters. The van der Waals surface area contributed by atoms with Crippen LogP contribution in [-0.2, 0) is 6.42 Å². The van der Waals surface area contributed by atoms with Crippen molar-refractivity contribution in [1.29, 1.82) is 0 Å². The lowest BCUT2D eigenvalue weighted by Gasteiger charge is -2.12. The van der Waals surface area contributed by atoms with Gasteiger partial charge in [-0.25, -0.2) is 0 Å². The zero-order valence-corrected chi connectivity index (χ0v) is 10.7. The molecule has 0 aliphatic rings. The molecule has 0 radical (unpaired) electrons. The molecule has 1 heterocycles. The van der Waals surface area contributed by atoms with E-state index < -0.39 is 6.10 Å². The number of aliphatic hydroxyl groups is 1. The Kier molecular flexibility index (Phi) is 3.55. The summed E-state index contributed by atoms with van der Waals surface area (Å²) in [6, 6.07) is 7.40. The zero-order chi connectivity index (χ0) is 12.4. The van der Waals surface area contributed by atoms with Gasteiger partial charge >= 0.3 is 0 Å². The van der Waals surface area contributed by atoms with Crippen LogP contribution in [0.5, 0.6) is 0 Å². The van der Waals surface area contributed by atoms with Crippen molar-refractivity contribution >= 4 is 11.6 Å². The fourth-order valence-electron chi connectivity index (χ4n) is 1.84. The Balaban J connectivity index is 2.36. The van der Waals surface area contributed by atoms with Gasteiger partial charge in [-0.2, -0.15) is 0 Å². The number of hydrogen-bond donors (Lipinski definition) is 1. The molecule has 0 spiro atoms. The van der Waals surface area contributed by atoms with Crippen molar-refractivity contribution < 1.29 is 9.52 Å². The standard InChI is InChI=1S/C14H15ClO2/c1-3-13-11(6-7-17-13)14(16)10-5-4-9(2)12(15)8-10/h4-8,14,16H,3H2,1-2H3. The summed E-state index contributed by atoms with van der Waals surface area (Å²) in [5.41, 5.74) is 2.61. The molecule has 0 saturated carbocycles. The Morgan fingerprint density at radius 2 is 2.12 bits per heavy atom. The highest BCUT2D eigenvalue weighted by molar-refractivity contribution is 6.31. The molecular weight excluding hydrogens is 236 g/mol. The normalized spacial score (nSPS) is 12.7. The molecule has 2 nitrogen and oxygen atoms in total. The Labute approximate surface area is 106 Å². The van der Waals surface area contributed by atoms with Gasteiger partial charge in [-0.1, -0.05) is 30.7 Å². The van der Waals surface area contributed by atoms with E-state index in [4.69, 9.17) is 16.0 Å². The van der Waals surface area contributed by atoms with Gasteiger partial charge in [0.05, 0.1) is 6.26 Å². The third-order valence-corrected chi connectivity index (χ3v) is 3.31. The molecule has 2 rings (SSSR count). The highest BCUT2D eigenvalue weighted by Crippen LogP contribution is 2.28. The maximum Gasteiger partial charge on any atom is 0.109 e. The van der Waals surface area contributed by atoms with Crippen LogP contribution in [0, 0.1) is 6.92 Å². The third-order valence-electron chi connectivity index (χ3n) is 2.91. The van der Waals surface area contributed by atoms with Gasteiger partial charge < -0.3 is 9.52 Å². The van der Waals surface area contributed by atoms with Gasteiger partial charge in [0.1, 0.15) is 11.9 Å². The van der Waals surface area contributed by atoms with E-state index in [1.807, 2.05) is 26.0 Å². The first-order valence-electron chi connectivity index (χ1n) is 5.64. The predicted molar refractivity (Wildman–Crippen MR) is 68.3 cm³/mol. The van der Waals surface area contributed by atoms with Gasteiger partial charge in [0.2, 0.25) is 0 Å². The summed E-state index contributed by atoms with van der Waals surface area (Å²) in [7, 11) is 0. The lowest BCUT2D eigenvalue weighted by Crippen LogP contribution is -2.01. The number of furan rings is 1. The van der Waals surface area contributed by atoms with E-state index in [2.05, 4.69) is 0 Å². The van der Waals surface area contributed by atoms with E-state index in [1.54, 1.807) is 18.4 Å². The highest BCUT2D eigenvalue weighted by Gasteiger charge is 2.16. The summed E-state index contributed by atoms with van der Waals surface area (Å²) in [5, 5.41) is 11.0. The summed E-state index contributed by atoms with van der Waals surface area (Å²) in [4.78, 5) is 0. The van der Waals surface area contributed by atoms with Crippen LogP contribution in [0.2, 0.25) is 5.02 Å². The van der Waals surface area contributed by atoms with Gasteiger partial charge in [0.15, 0.2) is 0 Å². The molecule has 3 heteroatoms. The molecule has 1 N–H and O–H groups in total. The Hall–Kier alpha value is -1.25. The van der Waals surface area contributed by atoms with Gasteiger partial charge in [0, 0.05) is 17.0 Å².